The molecule has 0 fully saturated rings. The topological polar surface area (TPSA) is 26.3 Å². The maximum atomic E-state index is 11.3. The number of carbonyl (C=O) groups is 1. The number of rotatable bonds is 14. The summed E-state index contributed by atoms with van der Waals surface area (Å²) in [6, 6.07) is 13.3. The summed E-state index contributed by atoms with van der Waals surface area (Å²) in [7, 11) is 0. The molecule has 5 heteroatoms. The second-order valence-corrected chi connectivity index (χ2v) is 13.1. The summed E-state index contributed by atoms with van der Waals surface area (Å²) < 4.78 is 5.09. The lowest BCUT2D eigenvalue weighted by molar-refractivity contribution is -0.147. The minimum Gasteiger partial charge on any atom is -0.463 e. The molecule has 0 aliphatic heterocycles. The van der Waals surface area contributed by atoms with Crippen molar-refractivity contribution in [3.63, 3.8) is 0 Å². The van der Waals surface area contributed by atoms with Crippen LogP contribution in [0.2, 0.25) is 0 Å². The highest BCUT2D eigenvalue weighted by molar-refractivity contribution is 7.26. The van der Waals surface area contributed by atoms with E-state index in [1.165, 1.54) is 87.1 Å². The molecule has 194 valence electrons. The number of ether oxygens (including phenoxy) is 1. The van der Waals surface area contributed by atoms with Gasteiger partial charge in [-0.25, -0.2) is 0 Å². The van der Waals surface area contributed by atoms with E-state index in [9.17, 15) is 4.79 Å². The van der Waals surface area contributed by atoms with Gasteiger partial charge < -0.3 is 4.74 Å². The fraction of sp³-hybridized carbons (Fsp3) is 0.567. The van der Waals surface area contributed by atoms with Crippen molar-refractivity contribution < 1.29 is 9.53 Å². The zero-order valence-electron chi connectivity index (χ0n) is 22.4. The van der Waals surface area contributed by atoms with Gasteiger partial charge >= 0.3 is 5.97 Å². The van der Waals surface area contributed by atoms with Crippen molar-refractivity contribution in [1.82, 2.24) is 0 Å². The molecule has 0 atom stereocenters. The van der Waals surface area contributed by atoms with E-state index >= 15 is 0 Å². The third-order valence-corrected chi connectivity index (χ3v) is 9.15. The number of unbranched alkanes of at least 4 members (excludes halogenated alkanes) is 9. The minimum atomic E-state index is -0.0374. The van der Waals surface area contributed by atoms with Crippen molar-refractivity contribution in [2.45, 2.75) is 111 Å². The zero-order chi connectivity index (χ0) is 25.5. The molecule has 3 heterocycles. The molecule has 0 aliphatic rings. The molecule has 0 spiro atoms. The number of thiophene rings is 3. The summed E-state index contributed by atoms with van der Waals surface area (Å²) in [6.07, 6.45) is 13.6. The average Bonchev–Trinajstić information content (AvgIpc) is 3.56. The Balaban J connectivity index is 0.000000247. The second-order valence-electron chi connectivity index (χ2n) is 9.46. The average molecular weight is 533 g/mol. The largest absolute Gasteiger partial charge is 0.463 e. The molecular formula is C30H44O2S3. The molecule has 0 saturated heterocycles. The molecule has 0 unspecified atom stereocenters. The lowest BCUT2D eigenvalue weighted by atomic mass is 10.1. The molecule has 0 radical (unpaired) electrons. The summed E-state index contributed by atoms with van der Waals surface area (Å²) in [5.74, 6) is -0.0374. The van der Waals surface area contributed by atoms with Crippen molar-refractivity contribution in [1.29, 1.82) is 0 Å². The number of esters is 1. The van der Waals surface area contributed by atoms with E-state index in [1.807, 2.05) is 47.9 Å². The van der Waals surface area contributed by atoms with E-state index in [-0.39, 0.29) is 12.1 Å². The van der Waals surface area contributed by atoms with E-state index in [0.29, 0.717) is 6.42 Å². The van der Waals surface area contributed by atoms with E-state index in [4.69, 9.17) is 4.74 Å². The quantitative estimate of drug-likeness (QED) is 0.152. The number of aryl methyl sites for hydroxylation is 2. The third kappa shape index (κ3) is 12.4. The third-order valence-electron chi connectivity index (χ3n) is 5.67. The van der Waals surface area contributed by atoms with Crippen LogP contribution in [0.25, 0.3) is 19.5 Å². The Labute approximate surface area is 225 Å². The van der Waals surface area contributed by atoms with Crippen molar-refractivity contribution in [3.8, 4) is 19.5 Å². The molecule has 35 heavy (non-hydrogen) atoms. The summed E-state index contributed by atoms with van der Waals surface area (Å²) >= 11 is 5.62. The van der Waals surface area contributed by atoms with Gasteiger partial charge in [0.2, 0.25) is 0 Å². The van der Waals surface area contributed by atoms with Crippen LogP contribution in [0, 0.1) is 13.8 Å². The first-order valence-electron chi connectivity index (χ1n) is 13.3. The fourth-order valence-corrected chi connectivity index (χ4v) is 6.74. The van der Waals surface area contributed by atoms with Gasteiger partial charge in [0.15, 0.2) is 0 Å². The number of hydrogen-bond acceptors (Lipinski definition) is 5. The van der Waals surface area contributed by atoms with Crippen LogP contribution in [-0.2, 0) is 9.53 Å². The molecule has 0 N–H and O–H groups in total. The van der Waals surface area contributed by atoms with Crippen molar-refractivity contribution in [2.24, 2.45) is 0 Å². The minimum absolute atomic E-state index is 0.0284. The first-order chi connectivity index (χ1) is 16.9. The monoisotopic (exact) mass is 532 g/mol. The van der Waals surface area contributed by atoms with Crippen LogP contribution in [0.1, 0.15) is 101 Å². The Morgan fingerprint density at radius 2 is 1.06 bits per heavy atom. The van der Waals surface area contributed by atoms with Crippen molar-refractivity contribution >= 4 is 40.0 Å². The highest BCUT2D eigenvalue weighted by Gasteiger charge is 2.08. The standard InChI is InChI=1S/C16H32O2.C14H12S3/c1-4-5-6-7-8-9-10-11-12-13-14-16(17)18-15(2)3;1-9-3-5-11(15-9)13-7-8-14(17-13)12-6-4-10(2)16-12/h15H,4-14H2,1-3H3;3-8H,1-2H3. The first-order valence-corrected chi connectivity index (χ1v) is 15.8. The normalized spacial score (nSPS) is 10.9. The summed E-state index contributed by atoms with van der Waals surface area (Å²) in [4.78, 5) is 19.5. The van der Waals surface area contributed by atoms with E-state index in [0.717, 1.165) is 6.42 Å². The molecule has 3 aromatic rings. The molecule has 0 amide bonds. The Morgan fingerprint density at radius 1 is 0.657 bits per heavy atom. The Kier molecular flexibility index (Phi) is 14.6. The summed E-state index contributed by atoms with van der Waals surface area (Å²) in [5.41, 5.74) is 0. The van der Waals surface area contributed by atoms with E-state index in [1.54, 1.807) is 0 Å². The molecule has 0 saturated carbocycles. The maximum absolute atomic E-state index is 11.3. The summed E-state index contributed by atoms with van der Waals surface area (Å²) in [5, 5.41) is 0. The number of hydrogen-bond donors (Lipinski definition) is 0. The predicted molar refractivity (Wildman–Crippen MR) is 158 cm³/mol. The molecule has 0 aliphatic carbocycles. The van der Waals surface area contributed by atoms with Crippen LogP contribution in [0.3, 0.4) is 0 Å². The van der Waals surface area contributed by atoms with Gasteiger partial charge in [-0.15, -0.1) is 34.0 Å². The van der Waals surface area contributed by atoms with Crippen LogP contribution >= 0.6 is 34.0 Å². The second kappa shape index (κ2) is 17.1. The smallest absolute Gasteiger partial charge is 0.306 e. The lowest BCUT2D eigenvalue weighted by Gasteiger charge is -2.07. The Bertz CT molecular complexity index is 909. The van der Waals surface area contributed by atoms with Gasteiger partial charge in [-0.1, -0.05) is 64.7 Å². The van der Waals surface area contributed by atoms with Crippen LogP contribution in [0.4, 0.5) is 0 Å². The molecule has 3 aromatic heterocycles. The van der Waals surface area contributed by atoms with Crippen LogP contribution in [0.15, 0.2) is 36.4 Å². The molecule has 0 bridgehead atoms. The van der Waals surface area contributed by atoms with Crippen LogP contribution in [0.5, 0.6) is 0 Å². The lowest BCUT2D eigenvalue weighted by Crippen LogP contribution is -2.10. The van der Waals surface area contributed by atoms with Gasteiger partial charge in [-0.05, 0) is 70.5 Å². The van der Waals surface area contributed by atoms with Gasteiger partial charge in [0.1, 0.15) is 0 Å². The fourth-order valence-electron chi connectivity index (χ4n) is 3.82. The Hall–Kier alpha value is -1.43. The number of carbonyl (C=O) groups excluding carboxylic acids is 1. The van der Waals surface area contributed by atoms with Gasteiger partial charge in [-0.3, -0.25) is 4.79 Å². The molecule has 0 aromatic carbocycles. The highest BCUT2D eigenvalue weighted by Crippen LogP contribution is 2.39. The first kappa shape index (κ1) is 29.8. The Morgan fingerprint density at radius 3 is 1.46 bits per heavy atom. The summed E-state index contributed by atoms with van der Waals surface area (Å²) in [6.45, 7) is 10.4. The van der Waals surface area contributed by atoms with E-state index in [2.05, 4.69) is 57.2 Å². The van der Waals surface area contributed by atoms with Crippen molar-refractivity contribution in [3.05, 3.63) is 46.2 Å². The molecule has 2 nitrogen and oxygen atoms in total. The predicted octanol–water partition coefficient (Wildman–Crippen LogP) is 11.1. The maximum Gasteiger partial charge on any atom is 0.306 e. The van der Waals surface area contributed by atoms with Crippen LogP contribution < -0.4 is 0 Å². The van der Waals surface area contributed by atoms with Gasteiger partial charge in [0, 0.05) is 35.7 Å². The van der Waals surface area contributed by atoms with Crippen LogP contribution in [-0.4, -0.2) is 12.1 Å². The van der Waals surface area contributed by atoms with E-state index < -0.39 is 0 Å². The van der Waals surface area contributed by atoms with Crippen molar-refractivity contribution in [2.75, 3.05) is 0 Å². The highest BCUT2D eigenvalue weighted by atomic mass is 32.1. The zero-order valence-corrected chi connectivity index (χ0v) is 24.8. The van der Waals surface area contributed by atoms with Gasteiger partial charge in [0.05, 0.1) is 6.10 Å². The van der Waals surface area contributed by atoms with Gasteiger partial charge in [0.25, 0.3) is 0 Å². The molecular weight excluding hydrogens is 489 g/mol. The van der Waals surface area contributed by atoms with Gasteiger partial charge in [-0.2, -0.15) is 0 Å². The molecule has 3 rings (SSSR count). The SMILES string of the molecule is CCCCCCCCCCCCC(=O)OC(C)C.Cc1ccc(-c2ccc(-c3ccc(C)s3)s2)s1.